The molecule has 1 unspecified atom stereocenters. The summed E-state index contributed by atoms with van der Waals surface area (Å²) in [5.74, 6) is -0.442. The van der Waals surface area contributed by atoms with Gasteiger partial charge in [-0.3, -0.25) is 14.6 Å². The van der Waals surface area contributed by atoms with Gasteiger partial charge in [-0.25, -0.2) is 0 Å². The van der Waals surface area contributed by atoms with Crippen molar-refractivity contribution in [3.63, 3.8) is 0 Å². The van der Waals surface area contributed by atoms with Gasteiger partial charge in [-0.1, -0.05) is 72.8 Å². The quantitative estimate of drug-likeness (QED) is 0.126. The highest BCUT2D eigenvalue weighted by molar-refractivity contribution is 6.03. The number of nitrogens with zero attached hydrogens (tertiary/aromatic N) is 1. The van der Waals surface area contributed by atoms with Crippen LogP contribution in [0.25, 0.3) is 17.0 Å². The SMILES string of the molecule is C[C@H](NC(=O)C(Nc1ccc2ncccc2c1)c1ccc(/C=C/C(=O)Nc2ccccc2N)cc1)c1ccccc1. The van der Waals surface area contributed by atoms with E-state index < -0.39 is 6.04 Å². The molecule has 7 heteroatoms. The molecule has 0 saturated carbocycles. The van der Waals surface area contributed by atoms with Crippen molar-refractivity contribution >= 4 is 45.9 Å². The molecule has 41 heavy (non-hydrogen) atoms. The number of para-hydroxylation sites is 2. The van der Waals surface area contributed by atoms with Gasteiger partial charge in [0.1, 0.15) is 6.04 Å². The summed E-state index contributed by atoms with van der Waals surface area (Å²) in [5, 5.41) is 10.3. The van der Waals surface area contributed by atoms with Gasteiger partial charge in [0, 0.05) is 23.3 Å². The maximum atomic E-state index is 13.6. The molecule has 1 heterocycles. The van der Waals surface area contributed by atoms with Crippen molar-refractivity contribution in [1.29, 1.82) is 0 Å². The van der Waals surface area contributed by atoms with Crippen LogP contribution in [0.5, 0.6) is 0 Å². The van der Waals surface area contributed by atoms with E-state index in [1.165, 1.54) is 6.08 Å². The molecule has 0 radical (unpaired) electrons. The number of fused-ring (bicyclic) bond motifs is 1. The number of benzene rings is 4. The Morgan fingerprint density at radius 3 is 2.37 bits per heavy atom. The third-order valence-corrected chi connectivity index (χ3v) is 6.75. The third-order valence-electron chi connectivity index (χ3n) is 6.75. The Morgan fingerprint density at radius 2 is 1.59 bits per heavy atom. The standard InChI is InChI=1S/C34H31N5O2/c1-23(25-8-3-2-4-9-25)37-34(41)33(38-28-18-19-30-27(22-28)10-7-21-36-30)26-16-13-24(14-17-26)15-20-32(40)39-31-12-6-5-11-29(31)35/h2-23,33,38H,35H2,1H3,(H,37,41)(H,39,40)/b20-15+/t23-,33?/m0/s1. The van der Waals surface area contributed by atoms with E-state index in [4.69, 9.17) is 5.73 Å². The minimum Gasteiger partial charge on any atom is -0.397 e. The molecule has 0 saturated heterocycles. The number of anilines is 3. The fourth-order valence-corrected chi connectivity index (χ4v) is 4.51. The Labute approximate surface area is 239 Å². The summed E-state index contributed by atoms with van der Waals surface area (Å²) in [4.78, 5) is 30.4. The first-order valence-electron chi connectivity index (χ1n) is 13.4. The van der Waals surface area contributed by atoms with Crippen molar-refractivity contribution in [1.82, 2.24) is 10.3 Å². The van der Waals surface area contributed by atoms with Gasteiger partial charge in [-0.05, 0) is 66.1 Å². The molecule has 0 aliphatic heterocycles. The summed E-state index contributed by atoms with van der Waals surface area (Å²) in [7, 11) is 0. The molecule has 0 aliphatic rings. The fraction of sp³-hybridized carbons (Fsp3) is 0.0882. The zero-order valence-electron chi connectivity index (χ0n) is 22.6. The van der Waals surface area contributed by atoms with E-state index >= 15 is 0 Å². The highest BCUT2D eigenvalue weighted by Gasteiger charge is 2.23. The maximum absolute atomic E-state index is 13.6. The zero-order chi connectivity index (χ0) is 28.6. The van der Waals surface area contributed by atoms with Crippen molar-refractivity contribution in [2.24, 2.45) is 0 Å². The first kappa shape index (κ1) is 27.1. The number of nitrogens with two attached hydrogens (primary N) is 1. The summed E-state index contributed by atoms with van der Waals surface area (Å²) < 4.78 is 0. The molecule has 204 valence electrons. The van der Waals surface area contributed by atoms with Crippen LogP contribution >= 0.6 is 0 Å². The van der Waals surface area contributed by atoms with Gasteiger partial charge < -0.3 is 21.7 Å². The number of pyridine rings is 1. The van der Waals surface area contributed by atoms with Gasteiger partial charge in [0.25, 0.3) is 0 Å². The van der Waals surface area contributed by atoms with Crippen molar-refractivity contribution in [2.45, 2.75) is 19.0 Å². The lowest BCUT2D eigenvalue weighted by Gasteiger charge is -2.23. The third kappa shape index (κ3) is 6.96. The Balaban J connectivity index is 1.35. The highest BCUT2D eigenvalue weighted by Crippen LogP contribution is 2.25. The Bertz CT molecular complexity index is 1680. The number of amides is 2. The Morgan fingerprint density at radius 1 is 0.829 bits per heavy atom. The van der Waals surface area contributed by atoms with E-state index in [0.29, 0.717) is 11.4 Å². The van der Waals surface area contributed by atoms with E-state index in [0.717, 1.165) is 33.3 Å². The molecule has 7 nitrogen and oxygen atoms in total. The molecule has 2 amide bonds. The number of carbonyl (C=O) groups excluding carboxylic acids is 2. The summed E-state index contributed by atoms with van der Waals surface area (Å²) >= 11 is 0. The molecular weight excluding hydrogens is 510 g/mol. The molecule has 1 aromatic heterocycles. The van der Waals surface area contributed by atoms with Crippen LogP contribution in [0.3, 0.4) is 0 Å². The van der Waals surface area contributed by atoms with Gasteiger partial charge in [0.05, 0.1) is 22.9 Å². The number of aromatic nitrogens is 1. The zero-order valence-corrected chi connectivity index (χ0v) is 22.6. The van der Waals surface area contributed by atoms with Gasteiger partial charge in [0.2, 0.25) is 11.8 Å². The lowest BCUT2D eigenvalue weighted by atomic mass is 10.0. The first-order chi connectivity index (χ1) is 20.0. The molecule has 5 aromatic rings. The number of nitrogens with one attached hydrogen (secondary N) is 3. The first-order valence-corrected chi connectivity index (χ1v) is 13.4. The van der Waals surface area contributed by atoms with Gasteiger partial charge in [-0.2, -0.15) is 0 Å². The van der Waals surface area contributed by atoms with E-state index in [9.17, 15) is 9.59 Å². The van der Waals surface area contributed by atoms with Gasteiger partial charge >= 0.3 is 0 Å². The second-order valence-electron chi connectivity index (χ2n) is 9.71. The van der Waals surface area contributed by atoms with Crippen molar-refractivity contribution < 1.29 is 9.59 Å². The fourth-order valence-electron chi connectivity index (χ4n) is 4.51. The smallest absolute Gasteiger partial charge is 0.248 e. The van der Waals surface area contributed by atoms with Crippen molar-refractivity contribution in [3.05, 3.63) is 138 Å². The topological polar surface area (TPSA) is 109 Å². The second kappa shape index (κ2) is 12.6. The number of hydrogen-bond donors (Lipinski definition) is 4. The van der Waals surface area contributed by atoms with E-state index in [1.54, 1.807) is 24.4 Å². The average molecular weight is 542 g/mol. The normalized spacial score (nSPS) is 12.5. The van der Waals surface area contributed by atoms with Crippen LogP contribution in [0.15, 0.2) is 121 Å². The number of carbonyl (C=O) groups is 2. The molecule has 2 atom stereocenters. The van der Waals surface area contributed by atoms with Crippen LogP contribution in [-0.4, -0.2) is 16.8 Å². The van der Waals surface area contributed by atoms with E-state index in [-0.39, 0.29) is 17.9 Å². The highest BCUT2D eigenvalue weighted by atomic mass is 16.2. The lowest BCUT2D eigenvalue weighted by Crippen LogP contribution is -2.35. The number of nitrogen functional groups attached to an aromatic ring is 1. The molecule has 5 rings (SSSR count). The van der Waals surface area contributed by atoms with Crippen LogP contribution in [-0.2, 0) is 9.59 Å². The Hall–Kier alpha value is -5.43. The van der Waals surface area contributed by atoms with Crippen molar-refractivity contribution in [3.8, 4) is 0 Å². The summed E-state index contributed by atoms with van der Waals surface area (Å²) in [5.41, 5.74) is 11.3. The van der Waals surface area contributed by atoms with Gasteiger partial charge in [0.15, 0.2) is 0 Å². The number of rotatable bonds is 9. The minimum atomic E-state index is -0.655. The number of hydrogen-bond acceptors (Lipinski definition) is 5. The predicted molar refractivity (Wildman–Crippen MR) is 166 cm³/mol. The average Bonchev–Trinajstić information content (AvgIpc) is 3.00. The van der Waals surface area contributed by atoms with Crippen LogP contribution in [0.1, 0.15) is 35.7 Å². The van der Waals surface area contributed by atoms with Crippen molar-refractivity contribution in [2.75, 3.05) is 16.4 Å². The minimum absolute atomic E-state index is 0.157. The molecule has 0 aliphatic carbocycles. The largest absolute Gasteiger partial charge is 0.397 e. The van der Waals surface area contributed by atoms with Crippen LogP contribution in [0, 0.1) is 0 Å². The molecule has 5 N–H and O–H groups in total. The summed E-state index contributed by atoms with van der Waals surface area (Å²) in [6.07, 6.45) is 4.93. The monoisotopic (exact) mass is 541 g/mol. The van der Waals surface area contributed by atoms with Gasteiger partial charge in [-0.15, -0.1) is 0 Å². The molecule has 0 bridgehead atoms. The van der Waals surface area contributed by atoms with Crippen LogP contribution < -0.4 is 21.7 Å². The summed E-state index contributed by atoms with van der Waals surface area (Å²) in [6, 6.07) is 33.4. The molecule has 0 fully saturated rings. The van der Waals surface area contributed by atoms with Crippen LogP contribution in [0.4, 0.5) is 17.1 Å². The second-order valence-corrected chi connectivity index (χ2v) is 9.71. The molecule has 0 spiro atoms. The lowest BCUT2D eigenvalue weighted by molar-refractivity contribution is -0.122. The summed E-state index contributed by atoms with van der Waals surface area (Å²) in [6.45, 7) is 1.97. The maximum Gasteiger partial charge on any atom is 0.248 e. The predicted octanol–water partition coefficient (Wildman–Crippen LogP) is 6.50. The van der Waals surface area contributed by atoms with E-state index in [1.807, 2.05) is 104 Å². The molecule has 4 aromatic carbocycles. The van der Waals surface area contributed by atoms with Crippen LogP contribution in [0.2, 0.25) is 0 Å². The Kier molecular flexibility index (Phi) is 8.35. The van der Waals surface area contributed by atoms with E-state index in [2.05, 4.69) is 20.9 Å². The molecular formula is C34H31N5O2.